The molecule has 1 aromatic rings. The molecule has 1 fully saturated rings. The minimum atomic E-state index is -0.0254. The fraction of sp³-hybridized carbons (Fsp3) is 0.600. The summed E-state index contributed by atoms with van der Waals surface area (Å²) in [6.45, 7) is 3.77. The lowest BCUT2D eigenvalue weighted by atomic mass is 10.1. The van der Waals surface area contributed by atoms with Gasteiger partial charge in [-0.2, -0.15) is 0 Å². The Labute approximate surface area is 124 Å². The topological polar surface area (TPSA) is 42.4 Å². The maximum Gasteiger partial charge on any atom is 0.223 e. The molecule has 20 heavy (non-hydrogen) atoms. The van der Waals surface area contributed by atoms with Gasteiger partial charge in [0.2, 0.25) is 5.91 Å². The van der Waals surface area contributed by atoms with Crippen LogP contribution in [-0.4, -0.2) is 35.5 Å². The predicted molar refractivity (Wildman–Crippen MR) is 79.4 cm³/mol. The Morgan fingerprint density at radius 1 is 1.65 bits per heavy atom. The maximum atomic E-state index is 12.3. The Morgan fingerprint density at radius 3 is 3.20 bits per heavy atom. The van der Waals surface area contributed by atoms with Crippen LogP contribution in [0.3, 0.4) is 0 Å². The summed E-state index contributed by atoms with van der Waals surface area (Å²) in [4.78, 5) is 18.8. The molecule has 2 rings (SSSR count). The first-order valence-corrected chi connectivity index (χ1v) is 7.83. The molecule has 2 heterocycles. The van der Waals surface area contributed by atoms with Gasteiger partial charge in [-0.05, 0) is 19.8 Å². The quantitative estimate of drug-likeness (QED) is 0.619. The largest absolute Gasteiger partial charge is 0.377 e. The molecule has 108 valence electrons. The average Bonchev–Trinajstić information content (AvgIpc) is 2.90. The lowest BCUT2D eigenvalue weighted by molar-refractivity contribution is -0.140. The van der Waals surface area contributed by atoms with E-state index in [2.05, 4.69) is 10.9 Å². The summed E-state index contributed by atoms with van der Waals surface area (Å²) >= 11 is 1.60. The number of morpholine rings is 1. The monoisotopic (exact) mass is 292 g/mol. The van der Waals surface area contributed by atoms with Crippen molar-refractivity contribution < 1.29 is 9.53 Å². The number of rotatable bonds is 5. The zero-order chi connectivity index (χ0) is 14.4. The molecule has 1 saturated heterocycles. The number of hydrogen-bond acceptors (Lipinski definition) is 4. The van der Waals surface area contributed by atoms with Crippen LogP contribution < -0.4 is 0 Å². The molecule has 1 atom stereocenters. The molecule has 5 heteroatoms. The summed E-state index contributed by atoms with van der Waals surface area (Å²) in [6.07, 6.45) is 8.28. The molecule has 1 aromatic heterocycles. The smallest absolute Gasteiger partial charge is 0.223 e. The third-order valence-corrected chi connectivity index (χ3v) is 4.40. The van der Waals surface area contributed by atoms with Crippen molar-refractivity contribution in [2.75, 3.05) is 19.8 Å². The van der Waals surface area contributed by atoms with E-state index in [1.54, 1.807) is 11.3 Å². The van der Waals surface area contributed by atoms with Gasteiger partial charge in [0.15, 0.2) is 0 Å². The van der Waals surface area contributed by atoms with Crippen LogP contribution >= 0.6 is 11.3 Å². The Bertz CT molecular complexity index is 492. The number of amides is 1. The third kappa shape index (κ3) is 3.81. The zero-order valence-corrected chi connectivity index (χ0v) is 12.6. The first-order chi connectivity index (χ1) is 9.72. The summed E-state index contributed by atoms with van der Waals surface area (Å²) in [6, 6.07) is -0.0254. The van der Waals surface area contributed by atoms with Crippen LogP contribution in [0.2, 0.25) is 0 Å². The van der Waals surface area contributed by atoms with E-state index in [1.165, 1.54) is 0 Å². The summed E-state index contributed by atoms with van der Waals surface area (Å²) in [5, 5.41) is 2.98. The van der Waals surface area contributed by atoms with Gasteiger partial charge in [-0.15, -0.1) is 23.7 Å². The number of carbonyl (C=O) groups is 1. The molecule has 0 aliphatic carbocycles. The van der Waals surface area contributed by atoms with Crippen molar-refractivity contribution in [2.45, 2.75) is 38.6 Å². The standard InChI is InChI=1S/C15H20N2O2S/c1-3-4-5-6-7-14(18)17-8-9-19-10-13(17)15-16-12(2)11-20-15/h1,11,13H,4-10H2,2H3. The normalized spacial score (nSPS) is 18.8. The number of aryl methyl sites for hydroxylation is 1. The van der Waals surface area contributed by atoms with Crippen LogP contribution in [0.25, 0.3) is 0 Å². The lowest BCUT2D eigenvalue weighted by Gasteiger charge is -2.34. The molecule has 0 spiro atoms. The SMILES string of the molecule is C#CCCCCC(=O)N1CCOCC1c1nc(C)cs1. The highest BCUT2D eigenvalue weighted by Gasteiger charge is 2.30. The van der Waals surface area contributed by atoms with E-state index in [9.17, 15) is 4.79 Å². The van der Waals surface area contributed by atoms with E-state index in [0.717, 1.165) is 30.0 Å². The van der Waals surface area contributed by atoms with Gasteiger partial charge >= 0.3 is 0 Å². The van der Waals surface area contributed by atoms with Crippen molar-refractivity contribution in [3.63, 3.8) is 0 Å². The first kappa shape index (κ1) is 15.0. The zero-order valence-electron chi connectivity index (χ0n) is 11.8. The molecular weight excluding hydrogens is 272 g/mol. The minimum absolute atomic E-state index is 0.0254. The Balaban J connectivity index is 1.96. The minimum Gasteiger partial charge on any atom is -0.377 e. The highest BCUT2D eigenvalue weighted by molar-refractivity contribution is 7.09. The van der Waals surface area contributed by atoms with Gasteiger partial charge in [-0.25, -0.2) is 4.98 Å². The molecule has 0 N–H and O–H groups in total. The van der Waals surface area contributed by atoms with Crippen molar-refractivity contribution in [3.05, 3.63) is 16.1 Å². The Kier molecular flexibility index (Phi) is 5.57. The number of thiazole rings is 1. The van der Waals surface area contributed by atoms with Crippen molar-refractivity contribution >= 4 is 17.2 Å². The van der Waals surface area contributed by atoms with Crippen LogP contribution in [0.5, 0.6) is 0 Å². The fourth-order valence-electron chi connectivity index (χ4n) is 2.28. The number of carbonyl (C=O) groups excluding carboxylic acids is 1. The Hall–Kier alpha value is -1.38. The van der Waals surface area contributed by atoms with Crippen LogP contribution in [-0.2, 0) is 9.53 Å². The molecule has 1 aliphatic rings. The molecule has 1 unspecified atom stereocenters. The number of aromatic nitrogens is 1. The molecule has 4 nitrogen and oxygen atoms in total. The van der Waals surface area contributed by atoms with Gasteiger partial charge in [-0.3, -0.25) is 4.79 Å². The molecule has 1 aliphatic heterocycles. The highest BCUT2D eigenvalue weighted by atomic mass is 32.1. The number of hydrogen-bond donors (Lipinski definition) is 0. The number of ether oxygens (including phenoxy) is 1. The van der Waals surface area contributed by atoms with Crippen molar-refractivity contribution in [2.24, 2.45) is 0 Å². The van der Waals surface area contributed by atoms with Crippen LogP contribution in [0.4, 0.5) is 0 Å². The maximum absolute atomic E-state index is 12.3. The molecule has 0 bridgehead atoms. The number of nitrogens with zero attached hydrogens (tertiary/aromatic N) is 2. The molecule has 0 aromatic carbocycles. The van der Waals surface area contributed by atoms with Crippen molar-refractivity contribution in [1.82, 2.24) is 9.88 Å². The fourth-order valence-corrected chi connectivity index (χ4v) is 3.17. The summed E-state index contributed by atoms with van der Waals surface area (Å²) in [5.41, 5.74) is 0.997. The van der Waals surface area contributed by atoms with E-state index in [1.807, 2.05) is 17.2 Å². The number of terminal acetylenes is 1. The van der Waals surface area contributed by atoms with Crippen LogP contribution in [0.15, 0.2) is 5.38 Å². The third-order valence-electron chi connectivity index (χ3n) is 3.33. The van der Waals surface area contributed by atoms with E-state index < -0.39 is 0 Å². The van der Waals surface area contributed by atoms with E-state index in [-0.39, 0.29) is 11.9 Å². The molecule has 0 saturated carbocycles. The van der Waals surface area contributed by atoms with Crippen LogP contribution in [0.1, 0.15) is 42.4 Å². The second kappa shape index (κ2) is 7.41. The van der Waals surface area contributed by atoms with Gasteiger partial charge in [0.25, 0.3) is 0 Å². The summed E-state index contributed by atoms with van der Waals surface area (Å²) in [7, 11) is 0. The van der Waals surface area contributed by atoms with Crippen molar-refractivity contribution in [3.8, 4) is 12.3 Å². The van der Waals surface area contributed by atoms with Gasteiger partial charge in [0.1, 0.15) is 11.0 Å². The van der Waals surface area contributed by atoms with E-state index in [4.69, 9.17) is 11.2 Å². The van der Waals surface area contributed by atoms with Gasteiger partial charge in [0.05, 0.1) is 13.2 Å². The summed E-state index contributed by atoms with van der Waals surface area (Å²) in [5.74, 6) is 2.79. The molecule has 1 amide bonds. The summed E-state index contributed by atoms with van der Waals surface area (Å²) < 4.78 is 5.52. The lowest BCUT2D eigenvalue weighted by Crippen LogP contribution is -2.43. The molecule has 0 radical (unpaired) electrons. The van der Waals surface area contributed by atoms with Crippen molar-refractivity contribution in [1.29, 1.82) is 0 Å². The Morgan fingerprint density at radius 2 is 2.50 bits per heavy atom. The second-order valence-electron chi connectivity index (χ2n) is 4.92. The van der Waals surface area contributed by atoms with Gasteiger partial charge < -0.3 is 9.64 Å². The number of unbranched alkanes of at least 4 members (excludes halogenated alkanes) is 2. The van der Waals surface area contributed by atoms with Gasteiger partial charge in [-0.1, -0.05) is 0 Å². The van der Waals surface area contributed by atoms with E-state index in [0.29, 0.717) is 26.2 Å². The predicted octanol–water partition coefficient (Wildman–Crippen LogP) is 2.55. The van der Waals surface area contributed by atoms with E-state index >= 15 is 0 Å². The highest BCUT2D eigenvalue weighted by Crippen LogP contribution is 2.27. The van der Waals surface area contributed by atoms with Crippen LogP contribution in [0, 0.1) is 19.3 Å². The van der Waals surface area contributed by atoms with Gasteiger partial charge in [0, 0.05) is 30.5 Å². The average molecular weight is 292 g/mol. The second-order valence-corrected chi connectivity index (χ2v) is 5.81. The first-order valence-electron chi connectivity index (χ1n) is 6.95. The molecular formula is C15H20N2O2S.